The standard InChI is InChI=1S/C18H19FN2O2/c1-3-21(16-6-4-5-13(2)11-16)18(23)12-17(22)20-15-9-7-14(19)8-10-15/h4-11H,3,12H2,1-2H3,(H,20,22). The fourth-order valence-electron chi connectivity index (χ4n) is 2.27. The molecule has 0 aliphatic heterocycles. The molecule has 0 aromatic heterocycles. The van der Waals surface area contributed by atoms with Gasteiger partial charge in [-0.15, -0.1) is 0 Å². The second-order valence-corrected chi connectivity index (χ2v) is 5.21. The molecule has 2 rings (SSSR count). The number of amides is 2. The number of nitrogens with one attached hydrogen (secondary N) is 1. The van der Waals surface area contributed by atoms with Crippen LogP contribution in [-0.4, -0.2) is 18.4 Å². The van der Waals surface area contributed by atoms with Gasteiger partial charge in [-0.1, -0.05) is 12.1 Å². The second kappa shape index (κ2) is 7.54. The van der Waals surface area contributed by atoms with E-state index < -0.39 is 5.91 Å². The highest BCUT2D eigenvalue weighted by Crippen LogP contribution is 2.17. The van der Waals surface area contributed by atoms with Crippen LogP contribution in [0.5, 0.6) is 0 Å². The first-order valence-corrected chi connectivity index (χ1v) is 7.42. The van der Waals surface area contributed by atoms with Gasteiger partial charge in [0.25, 0.3) is 0 Å². The molecule has 0 heterocycles. The van der Waals surface area contributed by atoms with Gasteiger partial charge in [-0.05, 0) is 55.8 Å². The summed E-state index contributed by atoms with van der Waals surface area (Å²) in [4.78, 5) is 25.9. The minimum atomic E-state index is -0.423. The van der Waals surface area contributed by atoms with E-state index in [0.29, 0.717) is 12.2 Å². The van der Waals surface area contributed by atoms with Crippen LogP contribution in [0, 0.1) is 12.7 Å². The molecule has 0 saturated carbocycles. The fraction of sp³-hybridized carbons (Fsp3) is 0.222. The third-order valence-corrected chi connectivity index (χ3v) is 3.37. The molecule has 23 heavy (non-hydrogen) atoms. The van der Waals surface area contributed by atoms with E-state index in [1.54, 1.807) is 4.90 Å². The van der Waals surface area contributed by atoms with E-state index in [2.05, 4.69) is 5.32 Å². The van der Waals surface area contributed by atoms with Gasteiger partial charge in [0.05, 0.1) is 0 Å². The Kier molecular flexibility index (Phi) is 5.46. The third kappa shape index (κ3) is 4.64. The first kappa shape index (κ1) is 16.7. The van der Waals surface area contributed by atoms with Gasteiger partial charge in [0.15, 0.2) is 0 Å². The topological polar surface area (TPSA) is 49.4 Å². The van der Waals surface area contributed by atoms with Gasteiger partial charge in [0, 0.05) is 17.9 Å². The first-order valence-electron chi connectivity index (χ1n) is 7.42. The molecule has 0 atom stereocenters. The zero-order valence-electron chi connectivity index (χ0n) is 13.2. The van der Waals surface area contributed by atoms with E-state index in [9.17, 15) is 14.0 Å². The molecule has 5 heteroatoms. The second-order valence-electron chi connectivity index (χ2n) is 5.21. The van der Waals surface area contributed by atoms with Crippen LogP contribution in [0.1, 0.15) is 18.9 Å². The average molecular weight is 314 g/mol. The third-order valence-electron chi connectivity index (χ3n) is 3.37. The number of anilines is 2. The number of aryl methyl sites for hydroxylation is 1. The van der Waals surface area contributed by atoms with Gasteiger partial charge in [0.1, 0.15) is 12.2 Å². The summed E-state index contributed by atoms with van der Waals surface area (Å²) in [5.41, 5.74) is 2.28. The predicted molar refractivity (Wildman–Crippen MR) is 88.9 cm³/mol. The maximum Gasteiger partial charge on any atom is 0.236 e. The Morgan fingerprint density at radius 2 is 1.83 bits per heavy atom. The summed E-state index contributed by atoms with van der Waals surface area (Å²) in [6, 6.07) is 13.0. The molecule has 2 aromatic rings. The summed E-state index contributed by atoms with van der Waals surface area (Å²) >= 11 is 0. The molecule has 0 fully saturated rings. The van der Waals surface area contributed by atoms with Crippen molar-refractivity contribution in [1.82, 2.24) is 0 Å². The Morgan fingerprint density at radius 3 is 2.43 bits per heavy atom. The SMILES string of the molecule is CCN(C(=O)CC(=O)Nc1ccc(F)cc1)c1cccc(C)c1. The highest BCUT2D eigenvalue weighted by molar-refractivity contribution is 6.09. The molecule has 0 bridgehead atoms. The van der Waals surface area contributed by atoms with Crippen LogP contribution in [-0.2, 0) is 9.59 Å². The average Bonchev–Trinajstić information content (AvgIpc) is 2.50. The largest absolute Gasteiger partial charge is 0.326 e. The van der Waals surface area contributed by atoms with Gasteiger partial charge in [-0.2, -0.15) is 0 Å². The van der Waals surface area contributed by atoms with Gasteiger partial charge in [-0.3, -0.25) is 9.59 Å². The highest BCUT2D eigenvalue weighted by atomic mass is 19.1. The molecular formula is C18H19FN2O2. The Balaban J connectivity index is 2.01. The molecule has 0 spiro atoms. The Morgan fingerprint density at radius 1 is 1.13 bits per heavy atom. The van der Waals surface area contributed by atoms with Gasteiger partial charge >= 0.3 is 0 Å². The molecule has 4 nitrogen and oxygen atoms in total. The molecule has 1 N–H and O–H groups in total. The summed E-state index contributed by atoms with van der Waals surface area (Å²) in [6.45, 7) is 4.29. The Bertz CT molecular complexity index is 698. The van der Waals surface area contributed by atoms with Crippen molar-refractivity contribution >= 4 is 23.2 Å². The molecule has 2 aromatic carbocycles. The first-order chi connectivity index (χ1) is 11.0. The molecule has 0 radical (unpaired) electrons. The van der Waals surface area contributed by atoms with Crippen molar-refractivity contribution in [1.29, 1.82) is 0 Å². The molecule has 120 valence electrons. The maximum absolute atomic E-state index is 12.8. The molecule has 2 amide bonds. The fourth-order valence-corrected chi connectivity index (χ4v) is 2.27. The van der Waals surface area contributed by atoms with Crippen molar-refractivity contribution < 1.29 is 14.0 Å². The van der Waals surface area contributed by atoms with Gasteiger partial charge in [-0.25, -0.2) is 4.39 Å². The molecule has 0 unspecified atom stereocenters. The van der Waals surface area contributed by atoms with E-state index in [4.69, 9.17) is 0 Å². The Labute approximate surface area is 134 Å². The predicted octanol–water partition coefficient (Wildman–Crippen LogP) is 3.52. The number of halogens is 1. The zero-order valence-corrected chi connectivity index (χ0v) is 13.2. The van der Waals surface area contributed by atoms with Crippen molar-refractivity contribution in [2.45, 2.75) is 20.3 Å². The number of carbonyl (C=O) groups excluding carboxylic acids is 2. The van der Waals surface area contributed by atoms with Crippen molar-refractivity contribution in [3.05, 3.63) is 59.9 Å². The lowest BCUT2D eigenvalue weighted by molar-refractivity contribution is -0.125. The smallest absolute Gasteiger partial charge is 0.236 e. The molecule has 0 aliphatic carbocycles. The lowest BCUT2D eigenvalue weighted by Gasteiger charge is -2.21. The molecular weight excluding hydrogens is 295 g/mol. The monoisotopic (exact) mass is 314 g/mol. The molecule has 0 aliphatic rings. The normalized spacial score (nSPS) is 10.2. The van der Waals surface area contributed by atoms with Crippen molar-refractivity contribution in [2.24, 2.45) is 0 Å². The van der Waals surface area contributed by atoms with Crippen molar-refractivity contribution in [3.8, 4) is 0 Å². The van der Waals surface area contributed by atoms with Crippen LogP contribution in [0.3, 0.4) is 0 Å². The highest BCUT2D eigenvalue weighted by Gasteiger charge is 2.17. The number of benzene rings is 2. The summed E-state index contributed by atoms with van der Waals surface area (Å²) in [6.07, 6.45) is -0.265. The number of carbonyl (C=O) groups is 2. The van der Waals surface area contributed by atoms with Crippen molar-refractivity contribution in [3.63, 3.8) is 0 Å². The number of rotatable bonds is 5. The van der Waals surface area contributed by atoms with Crippen LogP contribution >= 0.6 is 0 Å². The molecule has 0 saturated heterocycles. The summed E-state index contributed by atoms with van der Waals surface area (Å²) in [5.74, 6) is -1.08. The lowest BCUT2D eigenvalue weighted by Crippen LogP contribution is -2.33. The summed E-state index contributed by atoms with van der Waals surface area (Å²) in [7, 11) is 0. The quantitative estimate of drug-likeness (QED) is 0.859. The van der Waals surface area contributed by atoms with Crippen LogP contribution in [0.15, 0.2) is 48.5 Å². The summed E-state index contributed by atoms with van der Waals surface area (Å²) in [5, 5.41) is 2.59. The van der Waals surface area contributed by atoms with E-state index in [0.717, 1.165) is 11.3 Å². The minimum absolute atomic E-state index is 0.265. The minimum Gasteiger partial charge on any atom is -0.326 e. The number of nitrogens with zero attached hydrogens (tertiary/aromatic N) is 1. The van der Waals surface area contributed by atoms with Gasteiger partial charge < -0.3 is 10.2 Å². The van der Waals surface area contributed by atoms with Crippen LogP contribution in [0.4, 0.5) is 15.8 Å². The lowest BCUT2D eigenvalue weighted by atomic mass is 10.2. The van der Waals surface area contributed by atoms with Crippen LogP contribution in [0.2, 0.25) is 0 Å². The number of hydrogen-bond acceptors (Lipinski definition) is 2. The number of hydrogen-bond donors (Lipinski definition) is 1. The zero-order chi connectivity index (χ0) is 16.8. The van der Waals surface area contributed by atoms with E-state index in [1.807, 2.05) is 38.1 Å². The van der Waals surface area contributed by atoms with Crippen molar-refractivity contribution in [2.75, 3.05) is 16.8 Å². The van der Waals surface area contributed by atoms with E-state index >= 15 is 0 Å². The van der Waals surface area contributed by atoms with E-state index in [-0.39, 0.29) is 18.1 Å². The van der Waals surface area contributed by atoms with Gasteiger partial charge in [0.2, 0.25) is 11.8 Å². The van der Waals surface area contributed by atoms with Crippen LogP contribution < -0.4 is 10.2 Å². The van der Waals surface area contributed by atoms with Crippen LogP contribution in [0.25, 0.3) is 0 Å². The maximum atomic E-state index is 12.8. The summed E-state index contributed by atoms with van der Waals surface area (Å²) < 4.78 is 12.8. The Hall–Kier alpha value is -2.69. The van der Waals surface area contributed by atoms with E-state index in [1.165, 1.54) is 24.3 Å².